The van der Waals surface area contributed by atoms with Gasteiger partial charge in [0.15, 0.2) is 0 Å². The standard InChI is InChI=1S/C15H17N3OS/c1-10-17-7-13(20-10)9-18-8-12-5-3-2-4-11(12)6-14(18)15(16)19/h2-5,7,14H,6,8-9H2,1H3,(H2,16,19)/t14-/m1/s1. The van der Waals surface area contributed by atoms with Gasteiger partial charge in [-0.3, -0.25) is 9.69 Å². The fraction of sp³-hybridized carbons (Fsp3) is 0.333. The third kappa shape index (κ3) is 2.59. The van der Waals surface area contributed by atoms with Crippen LogP contribution in [0.25, 0.3) is 0 Å². The first kappa shape index (κ1) is 13.3. The van der Waals surface area contributed by atoms with Crippen LogP contribution in [0.3, 0.4) is 0 Å². The molecule has 1 aliphatic heterocycles. The van der Waals surface area contributed by atoms with Crippen LogP contribution in [0, 0.1) is 6.92 Å². The fourth-order valence-corrected chi connectivity index (χ4v) is 3.52. The Morgan fingerprint density at radius 1 is 1.45 bits per heavy atom. The fourth-order valence-electron chi connectivity index (χ4n) is 2.70. The molecule has 4 nitrogen and oxygen atoms in total. The van der Waals surface area contributed by atoms with Crippen LogP contribution in [0.4, 0.5) is 0 Å². The summed E-state index contributed by atoms with van der Waals surface area (Å²) >= 11 is 1.67. The van der Waals surface area contributed by atoms with Gasteiger partial charge in [0.2, 0.25) is 5.91 Å². The van der Waals surface area contributed by atoms with Crippen molar-refractivity contribution in [3.05, 3.63) is 51.5 Å². The molecule has 1 aromatic heterocycles. The molecular formula is C15H17N3OS. The van der Waals surface area contributed by atoms with E-state index in [1.165, 1.54) is 16.0 Å². The maximum atomic E-state index is 11.7. The molecule has 0 saturated carbocycles. The maximum Gasteiger partial charge on any atom is 0.235 e. The number of hydrogen-bond acceptors (Lipinski definition) is 4. The highest BCUT2D eigenvalue weighted by Crippen LogP contribution is 2.26. The zero-order valence-corrected chi connectivity index (χ0v) is 12.2. The van der Waals surface area contributed by atoms with Crippen LogP contribution in [0.5, 0.6) is 0 Å². The van der Waals surface area contributed by atoms with Crippen molar-refractivity contribution in [2.45, 2.75) is 32.5 Å². The first-order valence-corrected chi connectivity index (χ1v) is 7.46. The zero-order chi connectivity index (χ0) is 14.1. The van der Waals surface area contributed by atoms with E-state index in [-0.39, 0.29) is 11.9 Å². The average molecular weight is 287 g/mol. The Balaban J connectivity index is 1.86. The minimum absolute atomic E-state index is 0.229. The van der Waals surface area contributed by atoms with Gasteiger partial charge in [-0.15, -0.1) is 11.3 Å². The van der Waals surface area contributed by atoms with Crippen molar-refractivity contribution in [3.8, 4) is 0 Å². The number of aryl methyl sites for hydroxylation is 1. The van der Waals surface area contributed by atoms with Crippen molar-refractivity contribution in [2.24, 2.45) is 5.73 Å². The zero-order valence-electron chi connectivity index (χ0n) is 11.4. The smallest absolute Gasteiger partial charge is 0.235 e. The van der Waals surface area contributed by atoms with E-state index in [0.717, 1.165) is 18.1 Å². The summed E-state index contributed by atoms with van der Waals surface area (Å²) in [5, 5.41) is 1.05. The summed E-state index contributed by atoms with van der Waals surface area (Å²) in [7, 11) is 0. The van der Waals surface area contributed by atoms with Gasteiger partial charge in [0, 0.05) is 24.2 Å². The normalized spacial score (nSPS) is 18.8. The van der Waals surface area contributed by atoms with Crippen molar-refractivity contribution in [1.29, 1.82) is 0 Å². The van der Waals surface area contributed by atoms with E-state index < -0.39 is 0 Å². The number of thiazole rings is 1. The molecule has 1 aromatic carbocycles. The Morgan fingerprint density at radius 2 is 2.20 bits per heavy atom. The number of fused-ring (bicyclic) bond motifs is 1. The summed E-state index contributed by atoms with van der Waals surface area (Å²) in [6, 6.07) is 8.03. The molecule has 0 radical (unpaired) electrons. The maximum absolute atomic E-state index is 11.7. The molecule has 1 aliphatic rings. The number of nitrogens with two attached hydrogens (primary N) is 1. The molecule has 3 rings (SSSR count). The second-order valence-electron chi connectivity index (χ2n) is 5.14. The summed E-state index contributed by atoms with van der Waals surface area (Å²) in [6.07, 6.45) is 2.59. The molecule has 0 saturated heterocycles. The summed E-state index contributed by atoms with van der Waals surface area (Å²) < 4.78 is 0. The lowest BCUT2D eigenvalue weighted by molar-refractivity contribution is -0.124. The quantitative estimate of drug-likeness (QED) is 0.937. The van der Waals surface area contributed by atoms with Crippen LogP contribution in [0.15, 0.2) is 30.5 Å². The van der Waals surface area contributed by atoms with Gasteiger partial charge in [0.25, 0.3) is 0 Å². The van der Waals surface area contributed by atoms with E-state index in [4.69, 9.17) is 5.73 Å². The largest absolute Gasteiger partial charge is 0.368 e. The summed E-state index contributed by atoms with van der Waals surface area (Å²) in [4.78, 5) is 19.3. The van der Waals surface area contributed by atoms with Crippen LogP contribution in [0.2, 0.25) is 0 Å². The number of nitrogens with zero attached hydrogens (tertiary/aromatic N) is 2. The second kappa shape index (κ2) is 5.34. The van der Waals surface area contributed by atoms with Crippen LogP contribution in [-0.2, 0) is 24.3 Å². The summed E-state index contributed by atoms with van der Waals surface area (Å²) in [6.45, 7) is 3.49. The van der Waals surface area contributed by atoms with Crippen molar-refractivity contribution >= 4 is 17.2 Å². The Kier molecular flexibility index (Phi) is 3.54. The number of rotatable bonds is 3. The van der Waals surface area contributed by atoms with Crippen LogP contribution in [-0.4, -0.2) is 21.8 Å². The number of carbonyl (C=O) groups is 1. The summed E-state index contributed by atoms with van der Waals surface area (Å²) in [5.74, 6) is -0.249. The molecule has 1 atom stereocenters. The molecule has 0 spiro atoms. The van der Waals surface area contributed by atoms with Crippen molar-refractivity contribution in [1.82, 2.24) is 9.88 Å². The van der Waals surface area contributed by atoms with Crippen molar-refractivity contribution in [2.75, 3.05) is 0 Å². The molecule has 2 N–H and O–H groups in total. The second-order valence-corrected chi connectivity index (χ2v) is 6.46. The highest BCUT2D eigenvalue weighted by Gasteiger charge is 2.30. The lowest BCUT2D eigenvalue weighted by Gasteiger charge is -2.34. The van der Waals surface area contributed by atoms with Gasteiger partial charge in [-0.1, -0.05) is 24.3 Å². The molecule has 0 unspecified atom stereocenters. The van der Waals surface area contributed by atoms with Crippen LogP contribution < -0.4 is 5.73 Å². The van der Waals surface area contributed by atoms with Gasteiger partial charge in [-0.05, 0) is 24.5 Å². The molecule has 0 fully saturated rings. The van der Waals surface area contributed by atoms with E-state index in [2.05, 4.69) is 22.0 Å². The van der Waals surface area contributed by atoms with E-state index in [9.17, 15) is 4.79 Å². The first-order chi connectivity index (χ1) is 9.63. The van der Waals surface area contributed by atoms with Gasteiger partial charge >= 0.3 is 0 Å². The molecule has 20 heavy (non-hydrogen) atoms. The third-order valence-corrected chi connectivity index (χ3v) is 4.60. The minimum atomic E-state index is -0.249. The third-order valence-electron chi connectivity index (χ3n) is 3.70. The average Bonchev–Trinajstić information content (AvgIpc) is 2.83. The Bertz CT molecular complexity index is 638. The Labute approximate surface area is 122 Å². The molecular weight excluding hydrogens is 270 g/mol. The molecule has 0 aliphatic carbocycles. The van der Waals surface area contributed by atoms with Gasteiger partial charge < -0.3 is 5.73 Å². The van der Waals surface area contributed by atoms with Gasteiger partial charge in [-0.25, -0.2) is 4.98 Å². The minimum Gasteiger partial charge on any atom is -0.368 e. The SMILES string of the molecule is Cc1ncc(CN2Cc3ccccc3C[C@@H]2C(N)=O)s1. The first-order valence-electron chi connectivity index (χ1n) is 6.65. The Hall–Kier alpha value is -1.72. The lowest BCUT2D eigenvalue weighted by atomic mass is 9.93. The van der Waals surface area contributed by atoms with E-state index in [0.29, 0.717) is 6.42 Å². The molecule has 104 valence electrons. The predicted octanol–water partition coefficient (Wildman–Crippen LogP) is 1.86. The monoisotopic (exact) mass is 287 g/mol. The molecule has 5 heteroatoms. The lowest BCUT2D eigenvalue weighted by Crippen LogP contribution is -2.47. The highest BCUT2D eigenvalue weighted by atomic mass is 32.1. The number of primary amides is 1. The number of aromatic nitrogens is 1. The summed E-state index contributed by atoms with van der Waals surface area (Å²) in [5.41, 5.74) is 8.09. The van der Waals surface area contributed by atoms with Gasteiger partial charge in [0.05, 0.1) is 11.0 Å². The molecule has 1 amide bonds. The number of carbonyl (C=O) groups excluding carboxylic acids is 1. The van der Waals surface area contributed by atoms with Gasteiger partial charge in [0.1, 0.15) is 0 Å². The van der Waals surface area contributed by atoms with Crippen molar-refractivity contribution in [3.63, 3.8) is 0 Å². The highest BCUT2D eigenvalue weighted by molar-refractivity contribution is 7.11. The van der Waals surface area contributed by atoms with Crippen molar-refractivity contribution < 1.29 is 4.79 Å². The topological polar surface area (TPSA) is 59.2 Å². The van der Waals surface area contributed by atoms with E-state index in [1.54, 1.807) is 11.3 Å². The number of benzene rings is 1. The van der Waals surface area contributed by atoms with Crippen LogP contribution in [0.1, 0.15) is 21.0 Å². The van der Waals surface area contributed by atoms with Gasteiger partial charge in [-0.2, -0.15) is 0 Å². The number of amides is 1. The Morgan fingerprint density at radius 3 is 2.85 bits per heavy atom. The molecule has 2 aromatic rings. The molecule has 0 bridgehead atoms. The number of hydrogen-bond donors (Lipinski definition) is 1. The van der Waals surface area contributed by atoms with E-state index in [1.807, 2.05) is 25.3 Å². The molecule has 2 heterocycles. The van der Waals surface area contributed by atoms with Crippen LogP contribution >= 0.6 is 11.3 Å². The predicted molar refractivity (Wildman–Crippen MR) is 79.2 cm³/mol. The van der Waals surface area contributed by atoms with E-state index >= 15 is 0 Å².